The fraction of sp³-hybridized carbons (Fsp3) is 0.583. The van der Waals surface area contributed by atoms with E-state index >= 15 is 0 Å². The van der Waals surface area contributed by atoms with E-state index in [1.165, 1.54) is 6.42 Å². The molecule has 1 aliphatic rings. The lowest BCUT2D eigenvalue weighted by molar-refractivity contribution is -0.161. The number of rotatable bonds is 4. The Morgan fingerprint density at radius 1 is 1.50 bits per heavy atom. The molecular weight excluding hydrogens is 204 g/mol. The van der Waals surface area contributed by atoms with Crippen molar-refractivity contribution in [1.82, 2.24) is 4.98 Å². The molecule has 1 unspecified atom stereocenters. The fourth-order valence-electron chi connectivity index (χ4n) is 1.81. The molecule has 1 atom stereocenters. The zero-order valence-electron chi connectivity index (χ0n) is 9.39. The molecule has 16 heavy (non-hydrogen) atoms. The summed E-state index contributed by atoms with van der Waals surface area (Å²) in [5.41, 5.74) is 6.78. The van der Waals surface area contributed by atoms with Gasteiger partial charge in [-0.2, -0.15) is 0 Å². The second-order valence-corrected chi connectivity index (χ2v) is 3.96. The Morgan fingerprint density at radius 3 is 3.19 bits per heavy atom. The number of pyridine rings is 1. The molecule has 1 aromatic heterocycles. The van der Waals surface area contributed by atoms with Crippen LogP contribution in [0.4, 0.5) is 5.82 Å². The van der Waals surface area contributed by atoms with E-state index in [9.17, 15) is 0 Å². The maximum absolute atomic E-state index is 5.74. The highest BCUT2D eigenvalue weighted by Gasteiger charge is 2.13. The van der Waals surface area contributed by atoms with Crippen LogP contribution in [0, 0.1) is 0 Å². The Kier molecular flexibility index (Phi) is 4.13. The average Bonchev–Trinajstić information content (AvgIpc) is 2.33. The Bertz CT molecular complexity index is 325. The minimum atomic E-state index is -0.0216. The van der Waals surface area contributed by atoms with Crippen LogP contribution in [-0.4, -0.2) is 24.5 Å². The van der Waals surface area contributed by atoms with Gasteiger partial charge < -0.3 is 15.2 Å². The highest BCUT2D eigenvalue weighted by atomic mass is 16.7. The smallest absolute Gasteiger partial charge is 0.157 e. The second-order valence-electron chi connectivity index (χ2n) is 3.96. The van der Waals surface area contributed by atoms with Crippen LogP contribution < -0.4 is 5.73 Å². The number of hydrogen-bond acceptors (Lipinski definition) is 4. The monoisotopic (exact) mass is 222 g/mol. The summed E-state index contributed by atoms with van der Waals surface area (Å²) in [5.74, 6) is 0.593. The summed E-state index contributed by atoms with van der Waals surface area (Å²) in [6, 6.07) is 3.87. The summed E-state index contributed by atoms with van der Waals surface area (Å²) in [5, 5.41) is 0. The predicted molar refractivity (Wildman–Crippen MR) is 61.9 cm³/mol. The van der Waals surface area contributed by atoms with E-state index in [1.54, 1.807) is 6.20 Å². The van der Waals surface area contributed by atoms with Crippen molar-refractivity contribution in [3.63, 3.8) is 0 Å². The van der Waals surface area contributed by atoms with E-state index in [2.05, 4.69) is 4.98 Å². The third kappa shape index (κ3) is 3.18. The van der Waals surface area contributed by atoms with E-state index in [4.69, 9.17) is 15.2 Å². The van der Waals surface area contributed by atoms with Crippen molar-refractivity contribution >= 4 is 5.82 Å². The van der Waals surface area contributed by atoms with Crippen molar-refractivity contribution in [1.29, 1.82) is 0 Å². The maximum atomic E-state index is 5.74. The van der Waals surface area contributed by atoms with Crippen LogP contribution in [0.25, 0.3) is 0 Å². The Hall–Kier alpha value is -1.13. The molecule has 4 nitrogen and oxygen atoms in total. The van der Waals surface area contributed by atoms with Crippen molar-refractivity contribution < 1.29 is 9.47 Å². The van der Waals surface area contributed by atoms with Gasteiger partial charge in [-0.1, -0.05) is 6.07 Å². The van der Waals surface area contributed by atoms with Crippen LogP contribution in [0.1, 0.15) is 24.8 Å². The summed E-state index contributed by atoms with van der Waals surface area (Å²) in [4.78, 5) is 4.04. The Labute approximate surface area is 95.8 Å². The lowest BCUT2D eigenvalue weighted by Crippen LogP contribution is -2.23. The zero-order valence-corrected chi connectivity index (χ0v) is 9.39. The number of nitrogens with zero attached hydrogens (tertiary/aromatic N) is 1. The number of nitrogen functional groups attached to an aromatic ring is 1. The van der Waals surface area contributed by atoms with Gasteiger partial charge in [0.05, 0.1) is 6.61 Å². The quantitative estimate of drug-likeness (QED) is 0.843. The van der Waals surface area contributed by atoms with Gasteiger partial charge in [0.1, 0.15) is 5.82 Å². The Balaban J connectivity index is 1.73. The van der Waals surface area contributed by atoms with Crippen LogP contribution >= 0.6 is 0 Å². The predicted octanol–water partition coefficient (Wildman–Crippen LogP) is 1.75. The lowest BCUT2D eigenvalue weighted by atomic mass is 10.2. The molecule has 88 valence electrons. The van der Waals surface area contributed by atoms with Gasteiger partial charge in [0.15, 0.2) is 6.29 Å². The van der Waals surface area contributed by atoms with Gasteiger partial charge in [-0.25, -0.2) is 4.98 Å². The third-order valence-corrected chi connectivity index (χ3v) is 2.74. The average molecular weight is 222 g/mol. The first-order chi connectivity index (χ1) is 7.86. The summed E-state index contributed by atoms with van der Waals surface area (Å²) in [7, 11) is 0. The molecule has 1 fully saturated rings. The van der Waals surface area contributed by atoms with Crippen LogP contribution in [-0.2, 0) is 15.9 Å². The molecule has 1 aromatic rings. The van der Waals surface area contributed by atoms with Crippen molar-refractivity contribution in [2.45, 2.75) is 32.0 Å². The molecule has 2 N–H and O–H groups in total. The standard InChI is InChI=1S/C12H18N2O2/c13-12-10(4-3-7-14-12)6-9-16-11-5-1-2-8-15-11/h3-4,7,11H,1-2,5-6,8-9H2,(H2,13,14). The normalized spacial score (nSPS) is 20.9. The number of ether oxygens (including phenoxy) is 2. The van der Waals surface area contributed by atoms with Crippen molar-refractivity contribution in [2.24, 2.45) is 0 Å². The summed E-state index contributed by atoms with van der Waals surface area (Å²) in [6.07, 6.45) is 5.81. The van der Waals surface area contributed by atoms with Gasteiger partial charge in [0.25, 0.3) is 0 Å². The lowest BCUT2D eigenvalue weighted by Gasteiger charge is -2.22. The van der Waals surface area contributed by atoms with E-state index in [0.717, 1.165) is 31.4 Å². The fourth-order valence-corrected chi connectivity index (χ4v) is 1.81. The van der Waals surface area contributed by atoms with E-state index in [-0.39, 0.29) is 6.29 Å². The van der Waals surface area contributed by atoms with Crippen LogP contribution in [0.2, 0.25) is 0 Å². The largest absolute Gasteiger partial charge is 0.383 e. The zero-order chi connectivity index (χ0) is 11.2. The molecule has 0 saturated carbocycles. The molecular formula is C12H18N2O2. The topological polar surface area (TPSA) is 57.4 Å². The molecule has 1 aliphatic heterocycles. The van der Waals surface area contributed by atoms with Crippen LogP contribution in [0.5, 0.6) is 0 Å². The van der Waals surface area contributed by atoms with Crippen LogP contribution in [0.3, 0.4) is 0 Å². The third-order valence-electron chi connectivity index (χ3n) is 2.74. The molecule has 0 spiro atoms. The van der Waals surface area contributed by atoms with Gasteiger partial charge in [0, 0.05) is 12.8 Å². The minimum absolute atomic E-state index is 0.0216. The van der Waals surface area contributed by atoms with Crippen LogP contribution in [0.15, 0.2) is 18.3 Å². The molecule has 0 amide bonds. The number of hydrogen-bond donors (Lipinski definition) is 1. The van der Waals surface area contributed by atoms with Gasteiger partial charge in [0.2, 0.25) is 0 Å². The SMILES string of the molecule is Nc1ncccc1CCOC1CCCCO1. The molecule has 0 bridgehead atoms. The van der Waals surface area contributed by atoms with Gasteiger partial charge >= 0.3 is 0 Å². The molecule has 0 radical (unpaired) electrons. The second kappa shape index (κ2) is 5.82. The van der Waals surface area contributed by atoms with E-state index in [0.29, 0.717) is 12.4 Å². The Morgan fingerprint density at radius 2 is 2.44 bits per heavy atom. The van der Waals surface area contributed by atoms with Gasteiger partial charge in [-0.3, -0.25) is 0 Å². The molecule has 4 heteroatoms. The number of nitrogens with two attached hydrogens (primary N) is 1. The number of anilines is 1. The molecule has 2 rings (SSSR count). The highest BCUT2D eigenvalue weighted by Crippen LogP contribution is 2.14. The maximum Gasteiger partial charge on any atom is 0.157 e. The molecule has 0 aliphatic carbocycles. The first-order valence-electron chi connectivity index (χ1n) is 5.79. The van der Waals surface area contributed by atoms with E-state index in [1.807, 2.05) is 12.1 Å². The summed E-state index contributed by atoms with van der Waals surface area (Å²) >= 11 is 0. The first-order valence-corrected chi connectivity index (χ1v) is 5.79. The molecule has 1 saturated heterocycles. The highest BCUT2D eigenvalue weighted by molar-refractivity contribution is 5.38. The van der Waals surface area contributed by atoms with Gasteiger partial charge in [-0.05, 0) is 37.3 Å². The first kappa shape index (κ1) is 11.4. The van der Waals surface area contributed by atoms with Gasteiger partial charge in [-0.15, -0.1) is 0 Å². The number of aromatic nitrogens is 1. The summed E-state index contributed by atoms with van der Waals surface area (Å²) in [6.45, 7) is 1.46. The molecule has 2 heterocycles. The summed E-state index contributed by atoms with van der Waals surface area (Å²) < 4.78 is 11.1. The molecule has 0 aromatic carbocycles. The minimum Gasteiger partial charge on any atom is -0.383 e. The van der Waals surface area contributed by atoms with Crippen molar-refractivity contribution in [3.05, 3.63) is 23.9 Å². The van der Waals surface area contributed by atoms with Crippen molar-refractivity contribution in [3.8, 4) is 0 Å². The van der Waals surface area contributed by atoms with E-state index < -0.39 is 0 Å². The van der Waals surface area contributed by atoms with Crippen molar-refractivity contribution in [2.75, 3.05) is 18.9 Å².